The Morgan fingerprint density at radius 2 is 1.09 bits per heavy atom. The largest absolute Gasteiger partial charge is 0.366 e. The van der Waals surface area contributed by atoms with Gasteiger partial charge in [0.15, 0.2) is 0 Å². The number of benzene rings is 3. The number of hydrogen-bond acceptors (Lipinski definition) is 1. The van der Waals surface area contributed by atoms with E-state index >= 15 is 0 Å². The van der Waals surface area contributed by atoms with Gasteiger partial charge < -0.3 is 5.73 Å². The van der Waals surface area contributed by atoms with Crippen molar-refractivity contribution in [2.45, 2.75) is 11.8 Å². The number of rotatable bonds is 1. The fourth-order valence-electron chi connectivity index (χ4n) is 4.32. The summed E-state index contributed by atoms with van der Waals surface area (Å²) in [6, 6.07) is 23.2. The summed E-state index contributed by atoms with van der Waals surface area (Å²) in [6.07, 6.45) is 0. The maximum Gasteiger partial charge on any atom is 0.248 e. The van der Waals surface area contributed by atoms with Crippen LogP contribution in [0.4, 0.5) is 0 Å². The summed E-state index contributed by atoms with van der Waals surface area (Å²) in [5.41, 5.74) is 14.1. The highest BCUT2D eigenvalue weighted by Crippen LogP contribution is 2.55. The Bertz CT molecular complexity index is 926. The molecule has 0 aliphatic heterocycles. The minimum Gasteiger partial charge on any atom is -0.366 e. The second-order valence-corrected chi connectivity index (χ2v) is 6.33. The molecule has 0 saturated heterocycles. The van der Waals surface area contributed by atoms with Crippen molar-refractivity contribution in [2.24, 2.45) is 5.73 Å². The van der Waals surface area contributed by atoms with Crippen LogP contribution in [0.1, 0.15) is 55.6 Å². The molecule has 6 rings (SSSR count). The van der Waals surface area contributed by atoms with Gasteiger partial charge in [0.05, 0.1) is 0 Å². The predicted octanol–water partition coefficient (Wildman–Crippen LogP) is 3.77. The molecule has 1 amide bonds. The molecule has 0 saturated carbocycles. The van der Waals surface area contributed by atoms with Crippen LogP contribution in [-0.2, 0) is 0 Å². The van der Waals surface area contributed by atoms with E-state index in [1.54, 1.807) is 0 Å². The Hall–Kier alpha value is -2.87. The summed E-state index contributed by atoms with van der Waals surface area (Å²) >= 11 is 0. The highest BCUT2D eigenvalue weighted by Gasteiger charge is 2.40. The lowest BCUT2D eigenvalue weighted by molar-refractivity contribution is 0.1000. The van der Waals surface area contributed by atoms with Crippen molar-refractivity contribution in [3.63, 3.8) is 0 Å². The first-order chi connectivity index (χ1) is 11.3. The van der Waals surface area contributed by atoms with Crippen molar-refractivity contribution in [3.8, 4) is 0 Å². The minimum absolute atomic E-state index is 0.196. The van der Waals surface area contributed by atoms with E-state index in [-0.39, 0.29) is 17.7 Å². The van der Waals surface area contributed by atoms with Gasteiger partial charge in [0.2, 0.25) is 5.91 Å². The summed E-state index contributed by atoms with van der Waals surface area (Å²) in [5.74, 6) is 0.0850. The van der Waals surface area contributed by atoms with Gasteiger partial charge in [0.25, 0.3) is 0 Å². The van der Waals surface area contributed by atoms with Gasteiger partial charge in [0, 0.05) is 17.4 Å². The first kappa shape index (κ1) is 12.7. The van der Waals surface area contributed by atoms with Gasteiger partial charge in [0.1, 0.15) is 0 Å². The van der Waals surface area contributed by atoms with Gasteiger partial charge in [-0.3, -0.25) is 4.79 Å². The zero-order chi connectivity index (χ0) is 15.6. The Kier molecular flexibility index (Phi) is 2.38. The molecule has 2 heteroatoms. The molecule has 2 N–H and O–H groups in total. The van der Waals surface area contributed by atoms with Crippen LogP contribution in [0, 0.1) is 0 Å². The maximum absolute atomic E-state index is 11.6. The Balaban J connectivity index is 1.86. The molecule has 0 atom stereocenters. The van der Waals surface area contributed by atoms with E-state index < -0.39 is 0 Å². The Morgan fingerprint density at radius 1 is 0.652 bits per heavy atom. The van der Waals surface area contributed by atoms with Crippen molar-refractivity contribution in [1.82, 2.24) is 0 Å². The molecule has 0 heterocycles. The summed E-state index contributed by atoms with van der Waals surface area (Å²) in [5, 5.41) is 0. The zero-order valence-corrected chi connectivity index (χ0v) is 12.5. The number of nitrogens with two attached hydrogens (primary N) is 1. The van der Waals surface area contributed by atoms with Gasteiger partial charge in [-0.15, -0.1) is 0 Å². The van der Waals surface area contributed by atoms with Crippen LogP contribution in [0.15, 0.2) is 66.7 Å². The van der Waals surface area contributed by atoms with Crippen LogP contribution in [0.5, 0.6) is 0 Å². The molecule has 3 aliphatic rings. The predicted molar refractivity (Wildman–Crippen MR) is 89.7 cm³/mol. The molecule has 3 aromatic carbocycles. The van der Waals surface area contributed by atoms with Crippen LogP contribution < -0.4 is 5.73 Å². The molecule has 0 unspecified atom stereocenters. The lowest BCUT2D eigenvalue weighted by Crippen LogP contribution is -2.28. The third-order valence-corrected chi connectivity index (χ3v) is 5.23. The lowest BCUT2D eigenvalue weighted by Gasteiger charge is -2.42. The summed E-state index contributed by atoms with van der Waals surface area (Å²) in [6.45, 7) is 0. The van der Waals surface area contributed by atoms with E-state index in [1.807, 2.05) is 12.1 Å². The van der Waals surface area contributed by atoms with Gasteiger partial charge in [-0.2, -0.15) is 0 Å². The Labute approximate surface area is 134 Å². The van der Waals surface area contributed by atoms with Crippen molar-refractivity contribution in [3.05, 3.63) is 106 Å². The fourth-order valence-corrected chi connectivity index (χ4v) is 4.32. The second kappa shape index (κ2) is 4.32. The van der Waals surface area contributed by atoms with Gasteiger partial charge in [-0.05, 0) is 45.5 Å². The minimum atomic E-state index is -0.365. The molecule has 110 valence electrons. The number of carbonyl (C=O) groups is 1. The topological polar surface area (TPSA) is 43.1 Å². The van der Waals surface area contributed by atoms with E-state index in [0.29, 0.717) is 5.56 Å². The van der Waals surface area contributed by atoms with Crippen molar-refractivity contribution in [2.75, 3.05) is 0 Å². The zero-order valence-electron chi connectivity index (χ0n) is 12.5. The molecular weight excluding hydrogens is 282 g/mol. The van der Waals surface area contributed by atoms with Crippen LogP contribution >= 0.6 is 0 Å². The normalized spacial score (nSPS) is 19.7. The fraction of sp³-hybridized carbons (Fsp3) is 0.0952. The molecule has 2 bridgehead atoms. The SMILES string of the molecule is NC(=O)c1ccc2c(c1)C1c3ccccc3C2c2ccccc21. The molecule has 0 fully saturated rings. The highest BCUT2D eigenvalue weighted by atomic mass is 16.1. The lowest BCUT2D eigenvalue weighted by atomic mass is 9.61. The van der Waals surface area contributed by atoms with Crippen molar-refractivity contribution < 1.29 is 4.79 Å². The summed E-state index contributed by atoms with van der Waals surface area (Å²) in [7, 11) is 0. The average molecular weight is 297 g/mol. The summed E-state index contributed by atoms with van der Waals surface area (Å²) < 4.78 is 0. The van der Waals surface area contributed by atoms with Crippen LogP contribution in [-0.4, -0.2) is 5.91 Å². The first-order valence-electron chi connectivity index (χ1n) is 7.87. The van der Waals surface area contributed by atoms with E-state index in [9.17, 15) is 4.79 Å². The molecule has 0 radical (unpaired) electrons. The van der Waals surface area contributed by atoms with Gasteiger partial charge in [-0.25, -0.2) is 0 Å². The molecule has 2 nitrogen and oxygen atoms in total. The molecule has 0 spiro atoms. The van der Waals surface area contributed by atoms with Gasteiger partial charge in [-0.1, -0.05) is 54.6 Å². The molecule has 23 heavy (non-hydrogen) atoms. The van der Waals surface area contributed by atoms with Gasteiger partial charge >= 0.3 is 0 Å². The standard InChI is InChI=1S/C21H15NO/c22-21(23)12-9-10-17-18(11-12)20-15-7-3-1-5-13(15)19(17)14-6-2-4-8-16(14)20/h1-11,19-20H,(H2,22,23). The second-order valence-electron chi connectivity index (χ2n) is 6.33. The number of amides is 1. The van der Waals surface area contributed by atoms with Crippen LogP contribution in [0.25, 0.3) is 0 Å². The quantitative estimate of drug-likeness (QED) is 0.503. The van der Waals surface area contributed by atoms with Crippen LogP contribution in [0.3, 0.4) is 0 Å². The van der Waals surface area contributed by atoms with Crippen LogP contribution in [0.2, 0.25) is 0 Å². The van der Waals surface area contributed by atoms with Crippen molar-refractivity contribution in [1.29, 1.82) is 0 Å². The summed E-state index contributed by atoms with van der Waals surface area (Å²) in [4.78, 5) is 11.6. The molecular formula is C21H15NO. The number of carbonyl (C=O) groups excluding carboxylic acids is 1. The van der Waals surface area contributed by atoms with E-state index in [4.69, 9.17) is 5.73 Å². The monoisotopic (exact) mass is 297 g/mol. The smallest absolute Gasteiger partial charge is 0.248 e. The first-order valence-corrected chi connectivity index (χ1v) is 7.87. The molecule has 0 aromatic heterocycles. The Morgan fingerprint density at radius 3 is 1.57 bits per heavy atom. The maximum atomic E-state index is 11.6. The molecule has 3 aliphatic carbocycles. The third kappa shape index (κ3) is 1.55. The molecule has 3 aromatic rings. The number of hydrogen-bond donors (Lipinski definition) is 1. The van der Waals surface area contributed by atoms with E-state index in [2.05, 4.69) is 54.6 Å². The van der Waals surface area contributed by atoms with E-state index in [0.717, 1.165) is 0 Å². The highest BCUT2D eigenvalue weighted by molar-refractivity contribution is 5.93. The number of primary amides is 1. The average Bonchev–Trinajstić information content (AvgIpc) is 2.60. The van der Waals surface area contributed by atoms with E-state index in [1.165, 1.54) is 33.4 Å². The van der Waals surface area contributed by atoms with Crippen molar-refractivity contribution >= 4 is 5.91 Å². The third-order valence-electron chi connectivity index (χ3n) is 5.23.